The van der Waals surface area contributed by atoms with Crippen molar-refractivity contribution in [2.24, 2.45) is 0 Å². The second kappa shape index (κ2) is 5.57. The van der Waals surface area contributed by atoms with Gasteiger partial charge >= 0.3 is 0 Å². The molecule has 0 fully saturated rings. The number of hydrogen-bond donors (Lipinski definition) is 2. The van der Waals surface area contributed by atoms with Crippen LogP contribution in [-0.2, 0) is 14.8 Å². The van der Waals surface area contributed by atoms with E-state index in [1.807, 2.05) is 0 Å². The van der Waals surface area contributed by atoms with Crippen molar-refractivity contribution in [3.8, 4) is 0 Å². The van der Waals surface area contributed by atoms with E-state index in [9.17, 15) is 13.2 Å². The fourth-order valence-corrected chi connectivity index (χ4v) is 2.00. The van der Waals surface area contributed by atoms with E-state index in [2.05, 4.69) is 10.0 Å². The molecule has 0 saturated carbocycles. The minimum Gasteiger partial charge on any atom is -0.325 e. The van der Waals surface area contributed by atoms with Gasteiger partial charge in [0.05, 0.1) is 17.0 Å². The predicted octanol–water partition coefficient (Wildman–Crippen LogP) is 1.89. The van der Waals surface area contributed by atoms with Gasteiger partial charge in [0.25, 0.3) is 0 Å². The average molecular weight is 297 g/mol. The van der Waals surface area contributed by atoms with E-state index in [1.54, 1.807) is 0 Å². The summed E-state index contributed by atoms with van der Waals surface area (Å²) in [5.74, 6) is -0.535. The number of amides is 1. The van der Waals surface area contributed by atoms with Crippen LogP contribution in [-0.4, -0.2) is 26.5 Å². The first-order valence-corrected chi connectivity index (χ1v) is 7.25. The molecule has 0 radical (unpaired) electrons. The molecule has 0 heterocycles. The highest BCUT2D eigenvalue weighted by molar-refractivity contribution is 7.92. The molecule has 0 atom stereocenters. The Bertz CT molecular complexity index is 531. The summed E-state index contributed by atoms with van der Waals surface area (Å²) < 4.78 is 24.3. The molecular formula is C9H10Cl2N2O3S. The average Bonchev–Trinajstić information content (AvgIpc) is 2.20. The lowest BCUT2D eigenvalue weighted by Gasteiger charge is -2.08. The van der Waals surface area contributed by atoms with Crippen molar-refractivity contribution >= 4 is 50.5 Å². The summed E-state index contributed by atoms with van der Waals surface area (Å²) in [6, 6.07) is 4.40. The number of rotatable bonds is 4. The summed E-state index contributed by atoms with van der Waals surface area (Å²) in [6.07, 6.45) is 1.02. The first-order chi connectivity index (χ1) is 7.81. The lowest BCUT2D eigenvalue weighted by molar-refractivity contribution is -0.113. The molecule has 8 heteroatoms. The van der Waals surface area contributed by atoms with Crippen molar-refractivity contribution in [1.29, 1.82) is 0 Å². The third kappa shape index (κ3) is 4.80. The van der Waals surface area contributed by atoms with Crippen LogP contribution in [0.2, 0.25) is 5.02 Å². The molecular weight excluding hydrogens is 287 g/mol. The molecule has 1 aromatic rings. The molecule has 1 amide bonds. The van der Waals surface area contributed by atoms with E-state index in [0.717, 1.165) is 6.26 Å². The molecule has 0 aliphatic carbocycles. The lowest BCUT2D eigenvalue weighted by atomic mass is 10.3. The van der Waals surface area contributed by atoms with Crippen LogP contribution in [0.1, 0.15) is 0 Å². The first-order valence-electron chi connectivity index (χ1n) is 4.45. The maximum atomic E-state index is 11.0. The van der Waals surface area contributed by atoms with Gasteiger partial charge in [-0.3, -0.25) is 9.52 Å². The summed E-state index contributed by atoms with van der Waals surface area (Å²) in [7, 11) is -3.38. The molecule has 2 N–H and O–H groups in total. The van der Waals surface area contributed by atoms with Gasteiger partial charge in [0, 0.05) is 5.69 Å². The summed E-state index contributed by atoms with van der Waals surface area (Å²) >= 11 is 11.2. The van der Waals surface area contributed by atoms with Gasteiger partial charge in [-0.05, 0) is 18.2 Å². The Morgan fingerprint density at radius 2 is 2.06 bits per heavy atom. The van der Waals surface area contributed by atoms with Crippen molar-refractivity contribution in [1.82, 2.24) is 0 Å². The summed E-state index contributed by atoms with van der Waals surface area (Å²) in [5, 5.41) is 2.67. The fourth-order valence-electron chi connectivity index (χ4n) is 1.07. The van der Waals surface area contributed by atoms with E-state index in [0.29, 0.717) is 5.69 Å². The fraction of sp³-hybridized carbons (Fsp3) is 0.222. The number of carbonyl (C=O) groups excluding carboxylic acids is 1. The SMILES string of the molecule is CS(=O)(=O)Nc1ccc(NC(=O)CCl)cc1Cl. The van der Waals surface area contributed by atoms with Crippen LogP contribution in [0.25, 0.3) is 0 Å². The van der Waals surface area contributed by atoms with E-state index in [1.165, 1.54) is 18.2 Å². The highest BCUT2D eigenvalue weighted by Gasteiger charge is 2.08. The smallest absolute Gasteiger partial charge is 0.239 e. The number of hydrogen-bond acceptors (Lipinski definition) is 3. The maximum Gasteiger partial charge on any atom is 0.239 e. The third-order valence-electron chi connectivity index (χ3n) is 1.67. The van der Waals surface area contributed by atoms with Gasteiger partial charge in [-0.25, -0.2) is 8.42 Å². The van der Waals surface area contributed by atoms with Gasteiger partial charge in [0.15, 0.2) is 0 Å². The Kier molecular flexibility index (Phi) is 4.62. The highest BCUT2D eigenvalue weighted by atomic mass is 35.5. The minimum atomic E-state index is -3.38. The van der Waals surface area contributed by atoms with Crippen LogP contribution in [0.15, 0.2) is 18.2 Å². The van der Waals surface area contributed by atoms with Crippen molar-refractivity contribution in [3.63, 3.8) is 0 Å². The number of benzene rings is 1. The molecule has 1 rings (SSSR count). The van der Waals surface area contributed by atoms with E-state index >= 15 is 0 Å². The van der Waals surface area contributed by atoms with Crippen LogP contribution in [0, 0.1) is 0 Å². The van der Waals surface area contributed by atoms with E-state index in [4.69, 9.17) is 23.2 Å². The number of halogens is 2. The second-order valence-corrected chi connectivity index (χ2v) is 5.67. The van der Waals surface area contributed by atoms with Crippen LogP contribution in [0.3, 0.4) is 0 Å². The Hall–Kier alpha value is -0.980. The molecule has 94 valence electrons. The summed E-state index contributed by atoms with van der Waals surface area (Å²) in [5.41, 5.74) is 0.692. The van der Waals surface area contributed by atoms with Crippen LogP contribution in [0.5, 0.6) is 0 Å². The standard InChI is InChI=1S/C9H10Cl2N2O3S/c1-17(15,16)13-8-3-2-6(4-7(8)11)12-9(14)5-10/h2-4,13H,5H2,1H3,(H,12,14). The molecule has 0 spiro atoms. The monoisotopic (exact) mass is 296 g/mol. The first kappa shape index (κ1) is 14.1. The van der Waals surface area contributed by atoms with Crippen molar-refractivity contribution in [3.05, 3.63) is 23.2 Å². The molecule has 0 aliphatic heterocycles. The van der Waals surface area contributed by atoms with Gasteiger partial charge in [0.2, 0.25) is 15.9 Å². The summed E-state index contributed by atoms with van der Waals surface area (Å²) in [6.45, 7) is 0. The van der Waals surface area contributed by atoms with Gasteiger partial charge in [-0.15, -0.1) is 11.6 Å². The Morgan fingerprint density at radius 1 is 1.41 bits per heavy atom. The lowest BCUT2D eigenvalue weighted by Crippen LogP contribution is -2.13. The molecule has 0 bridgehead atoms. The van der Waals surface area contributed by atoms with E-state index < -0.39 is 10.0 Å². The Morgan fingerprint density at radius 3 is 2.53 bits per heavy atom. The van der Waals surface area contributed by atoms with Crippen molar-refractivity contribution < 1.29 is 13.2 Å². The van der Waals surface area contributed by atoms with Gasteiger partial charge in [0.1, 0.15) is 5.88 Å². The zero-order chi connectivity index (χ0) is 13.1. The normalized spacial score (nSPS) is 11.0. The van der Waals surface area contributed by atoms with Gasteiger partial charge in [-0.2, -0.15) is 0 Å². The molecule has 17 heavy (non-hydrogen) atoms. The van der Waals surface area contributed by atoms with Crippen LogP contribution < -0.4 is 10.0 Å². The molecule has 0 saturated heterocycles. The highest BCUT2D eigenvalue weighted by Crippen LogP contribution is 2.26. The van der Waals surface area contributed by atoms with Crippen LogP contribution in [0.4, 0.5) is 11.4 Å². The van der Waals surface area contributed by atoms with Crippen LogP contribution >= 0.6 is 23.2 Å². The maximum absolute atomic E-state index is 11.0. The van der Waals surface area contributed by atoms with Crippen molar-refractivity contribution in [2.45, 2.75) is 0 Å². The largest absolute Gasteiger partial charge is 0.325 e. The Labute approximate surface area is 109 Å². The summed E-state index contributed by atoms with van der Waals surface area (Å²) in [4.78, 5) is 11.0. The van der Waals surface area contributed by atoms with Crippen molar-refractivity contribution in [2.75, 3.05) is 22.2 Å². The number of sulfonamides is 1. The molecule has 0 aromatic heterocycles. The van der Waals surface area contributed by atoms with E-state index in [-0.39, 0.29) is 22.5 Å². The number of carbonyl (C=O) groups is 1. The van der Waals surface area contributed by atoms with Gasteiger partial charge in [-0.1, -0.05) is 11.6 Å². The quantitative estimate of drug-likeness (QED) is 0.833. The zero-order valence-electron chi connectivity index (χ0n) is 8.83. The minimum absolute atomic E-state index is 0.166. The number of alkyl halides is 1. The topological polar surface area (TPSA) is 75.3 Å². The number of anilines is 2. The third-order valence-corrected chi connectivity index (χ3v) is 2.82. The molecule has 1 aromatic carbocycles. The predicted molar refractivity (Wildman–Crippen MR) is 69.3 cm³/mol. The zero-order valence-corrected chi connectivity index (χ0v) is 11.2. The second-order valence-electron chi connectivity index (χ2n) is 3.25. The molecule has 5 nitrogen and oxygen atoms in total. The molecule has 0 aliphatic rings. The Balaban J connectivity index is 2.90. The number of nitrogens with one attached hydrogen (secondary N) is 2. The van der Waals surface area contributed by atoms with Gasteiger partial charge < -0.3 is 5.32 Å². The molecule has 0 unspecified atom stereocenters.